The van der Waals surface area contributed by atoms with Crippen molar-refractivity contribution in [2.24, 2.45) is 0 Å². The van der Waals surface area contributed by atoms with E-state index in [1.54, 1.807) is 19.3 Å². The predicted octanol–water partition coefficient (Wildman–Crippen LogP) is 3.94. The van der Waals surface area contributed by atoms with Crippen LogP contribution in [0.3, 0.4) is 0 Å². The summed E-state index contributed by atoms with van der Waals surface area (Å²) in [7, 11) is 1.62. The monoisotopic (exact) mass is 272 g/mol. The van der Waals surface area contributed by atoms with Gasteiger partial charge in [-0.25, -0.2) is 4.39 Å². The Labute approximate surface area is 118 Å². The van der Waals surface area contributed by atoms with E-state index in [2.05, 4.69) is 6.58 Å². The lowest BCUT2D eigenvalue weighted by Gasteiger charge is -2.15. The van der Waals surface area contributed by atoms with Crippen LogP contribution in [0.1, 0.15) is 18.4 Å². The van der Waals surface area contributed by atoms with Gasteiger partial charge in [-0.05, 0) is 41.3 Å². The van der Waals surface area contributed by atoms with E-state index in [9.17, 15) is 9.18 Å². The van der Waals surface area contributed by atoms with Gasteiger partial charge < -0.3 is 4.74 Å². The molecule has 3 heteroatoms. The topological polar surface area (TPSA) is 26.3 Å². The standard InChI is InChI=1S/C17H17FO2/c1-12(18)9-14-5-6-16(19)11-15(14)10-13-3-7-17(20-2)8-4-13/h3-5,7-8,11H,1,6,9-10H2,2H3. The van der Waals surface area contributed by atoms with Gasteiger partial charge in [0.05, 0.1) is 12.9 Å². The molecule has 0 unspecified atom stereocenters. The fourth-order valence-electron chi connectivity index (χ4n) is 2.22. The minimum Gasteiger partial charge on any atom is -0.497 e. The number of carbonyl (C=O) groups is 1. The van der Waals surface area contributed by atoms with Crippen LogP contribution in [0.5, 0.6) is 5.75 Å². The van der Waals surface area contributed by atoms with Crippen molar-refractivity contribution in [2.75, 3.05) is 7.11 Å². The largest absolute Gasteiger partial charge is 0.497 e. The number of halogens is 1. The van der Waals surface area contributed by atoms with Gasteiger partial charge in [-0.15, -0.1) is 0 Å². The average molecular weight is 272 g/mol. The number of rotatable bonds is 5. The molecule has 0 N–H and O–H groups in total. The molecule has 1 aliphatic rings. The molecule has 0 heterocycles. The Bertz CT molecular complexity index is 580. The number of hydrogen-bond acceptors (Lipinski definition) is 2. The van der Waals surface area contributed by atoms with Crippen molar-refractivity contribution >= 4 is 5.78 Å². The molecule has 0 aliphatic heterocycles. The summed E-state index contributed by atoms with van der Waals surface area (Å²) in [6.45, 7) is 3.30. The van der Waals surface area contributed by atoms with Crippen LogP contribution < -0.4 is 4.74 Å². The fraction of sp³-hybridized carbons (Fsp3) is 0.235. The molecule has 2 nitrogen and oxygen atoms in total. The van der Waals surface area contributed by atoms with E-state index in [-0.39, 0.29) is 18.0 Å². The molecule has 0 spiro atoms. The van der Waals surface area contributed by atoms with Crippen LogP contribution >= 0.6 is 0 Å². The van der Waals surface area contributed by atoms with Crippen molar-refractivity contribution in [3.05, 3.63) is 65.5 Å². The highest BCUT2D eigenvalue weighted by Gasteiger charge is 2.14. The summed E-state index contributed by atoms with van der Waals surface area (Å²) in [5.74, 6) is 0.461. The number of benzene rings is 1. The van der Waals surface area contributed by atoms with E-state index in [1.165, 1.54) is 0 Å². The molecule has 0 aromatic heterocycles. The Kier molecular flexibility index (Phi) is 4.51. The molecule has 1 aliphatic carbocycles. The number of allylic oxidation sites excluding steroid dienone is 5. The highest BCUT2D eigenvalue weighted by atomic mass is 19.1. The number of ketones is 1. The molecule has 104 valence electrons. The second kappa shape index (κ2) is 6.33. The highest BCUT2D eigenvalue weighted by molar-refractivity contribution is 5.93. The zero-order valence-corrected chi connectivity index (χ0v) is 11.5. The first-order valence-electron chi connectivity index (χ1n) is 6.47. The molecule has 0 saturated heterocycles. The maximum absolute atomic E-state index is 13.0. The summed E-state index contributed by atoms with van der Waals surface area (Å²) < 4.78 is 18.1. The quantitative estimate of drug-likeness (QED) is 0.811. The van der Waals surface area contributed by atoms with E-state index in [0.29, 0.717) is 12.8 Å². The first-order valence-corrected chi connectivity index (χ1v) is 6.47. The summed E-state index contributed by atoms with van der Waals surface area (Å²) in [5.41, 5.74) is 2.78. The minimum absolute atomic E-state index is 0.0572. The molecule has 0 fully saturated rings. The lowest BCUT2D eigenvalue weighted by atomic mass is 9.90. The second-order valence-corrected chi connectivity index (χ2v) is 4.79. The number of carbonyl (C=O) groups excluding carboxylic acids is 1. The van der Waals surface area contributed by atoms with Crippen molar-refractivity contribution < 1.29 is 13.9 Å². The Morgan fingerprint density at radius 1 is 1.30 bits per heavy atom. The molecule has 0 radical (unpaired) electrons. The van der Waals surface area contributed by atoms with Crippen LogP contribution in [0.4, 0.5) is 4.39 Å². The molecule has 0 bridgehead atoms. The molecule has 0 atom stereocenters. The minimum atomic E-state index is -0.383. The highest BCUT2D eigenvalue weighted by Crippen LogP contribution is 2.27. The smallest absolute Gasteiger partial charge is 0.159 e. The zero-order chi connectivity index (χ0) is 14.5. The van der Waals surface area contributed by atoms with Crippen molar-refractivity contribution in [2.45, 2.75) is 19.3 Å². The van der Waals surface area contributed by atoms with Gasteiger partial charge in [-0.2, -0.15) is 0 Å². The molecule has 0 amide bonds. The first kappa shape index (κ1) is 14.3. The van der Waals surface area contributed by atoms with Gasteiger partial charge >= 0.3 is 0 Å². The van der Waals surface area contributed by atoms with Crippen molar-refractivity contribution in [1.29, 1.82) is 0 Å². The Hall–Kier alpha value is -2.16. The first-order chi connectivity index (χ1) is 9.58. The third-order valence-electron chi connectivity index (χ3n) is 3.23. The molecule has 2 rings (SSSR count). The normalized spacial score (nSPS) is 14.6. The van der Waals surface area contributed by atoms with Gasteiger partial charge in [0.2, 0.25) is 0 Å². The number of hydrogen-bond donors (Lipinski definition) is 0. The van der Waals surface area contributed by atoms with Gasteiger partial charge in [-0.3, -0.25) is 4.79 Å². The molecule has 1 aromatic carbocycles. The maximum Gasteiger partial charge on any atom is 0.159 e. The SMILES string of the molecule is C=C(F)CC1=CCC(=O)C=C1Cc1ccc(OC)cc1. The fourth-order valence-corrected chi connectivity index (χ4v) is 2.22. The Morgan fingerprint density at radius 2 is 2.00 bits per heavy atom. The second-order valence-electron chi connectivity index (χ2n) is 4.79. The van der Waals surface area contributed by atoms with Gasteiger partial charge in [0, 0.05) is 12.8 Å². The van der Waals surface area contributed by atoms with E-state index in [0.717, 1.165) is 22.5 Å². The van der Waals surface area contributed by atoms with Crippen LogP contribution in [0.15, 0.2) is 60.0 Å². The van der Waals surface area contributed by atoms with Crippen molar-refractivity contribution in [1.82, 2.24) is 0 Å². The van der Waals surface area contributed by atoms with Gasteiger partial charge in [0.25, 0.3) is 0 Å². The van der Waals surface area contributed by atoms with E-state index < -0.39 is 0 Å². The van der Waals surface area contributed by atoms with Crippen LogP contribution in [0.2, 0.25) is 0 Å². The Balaban J connectivity index is 2.17. The lowest BCUT2D eigenvalue weighted by molar-refractivity contribution is -0.114. The Morgan fingerprint density at radius 3 is 2.60 bits per heavy atom. The van der Waals surface area contributed by atoms with Crippen LogP contribution in [-0.2, 0) is 11.2 Å². The lowest BCUT2D eigenvalue weighted by Crippen LogP contribution is -2.06. The van der Waals surface area contributed by atoms with Crippen LogP contribution in [0, 0.1) is 0 Å². The maximum atomic E-state index is 13.0. The van der Waals surface area contributed by atoms with Crippen molar-refractivity contribution in [3.8, 4) is 5.75 Å². The van der Waals surface area contributed by atoms with Gasteiger partial charge in [0.15, 0.2) is 5.78 Å². The van der Waals surface area contributed by atoms with Crippen LogP contribution in [-0.4, -0.2) is 12.9 Å². The molecule has 1 aromatic rings. The van der Waals surface area contributed by atoms with Gasteiger partial charge in [-0.1, -0.05) is 24.8 Å². The zero-order valence-electron chi connectivity index (χ0n) is 11.5. The molecular weight excluding hydrogens is 255 g/mol. The molecule has 0 saturated carbocycles. The van der Waals surface area contributed by atoms with Crippen molar-refractivity contribution in [3.63, 3.8) is 0 Å². The van der Waals surface area contributed by atoms with E-state index >= 15 is 0 Å². The third-order valence-corrected chi connectivity index (χ3v) is 3.23. The van der Waals surface area contributed by atoms with Gasteiger partial charge in [0.1, 0.15) is 5.75 Å². The summed E-state index contributed by atoms with van der Waals surface area (Å²) in [5, 5.41) is 0. The summed E-state index contributed by atoms with van der Waals surface area (Å²) in [6.07, 6.45) is 4.54. The van der Waals surface area contributed by atoms with E-state index in [4.69, 9.17) is 4.74 Å². The van der Waals surface area contributed by atoms with Crippen LogP contribution in [0.25, 0.3) is 0 Å². The number of ether oxygens (including phenoxy) is 1. The molecule has 20 heavy (non-hydrogen) atoms. The predicted molar refractivity (Wildman–Crippen MR) is 77.4 cm³/mol. The number of methoxy groups -OCH3 is 1. The summed E-state index contributed by atoms with van der Waals surface area (Å²) >= 11 is 0. The third kappa shape index (κ3) is 3.67. The summed E-state index contributed by atoms with van der Waals surface area (Å²) in [4.78, 5) is 11.5. The van der Waals surface area contributed by atoms with E-state index in [1.807, 2.05) is 24.3 Å². The molecular formula is C17H17FO2. The summed E-state index contributed by atoms with van der Waals surface area (Å²) in [6, 6.07) is 7.64. The average Bonchev–Trinajstić information content (AvgIpc) is 2.42.